The van der Waals surface area contributed by atoms with Gasteiger partial charge in [0.25, 0.3) is 10.0 Å². The van der Waals surface area contributed by atoms with E-state index in [1.54, 1.807) is 25.2 Å². The van der Waals surface area contributed by atoms with Gasteiger partial charge < -0.3 is 4.74 Å². The topological polar surface area (TPSA) is 97.0 Å². The molecular formula is C17H13ClN4O3S. The minimum atomic E-state index is -3.73. The Morgan fingerprint density at radius 1 is 1.15 bits per heavy atom. The normalized spacial score (nSPS) is 11.0. The summed E-state index contributed by atoms with van der Waals surface area (Å²) in [6, 6.07) is 14.1. The van der Waals surface area contributed by atoms with Crippen LogP contribution < -0.4 is 9.46 Å². The van der Waals surface area contributed by atoms with Crippen molar-refractivity contribution < 1.29 is 13.2 Å². The first-order chi connectivity index (χ1) is 12.4. The zero-order valence-electron chi connectivity index (χ0n) is 13.5. The van der Waals surface area contributed by atoms with Gasteiger partial charge in [-0.3, -0.25) is 9.40 Å². The molecular weight excluding hydrogens is 376 g/mol. The van der Waals surface area contributed by atoms with E-state index in [4.69, 9.17) is 21.6 Å². The first-order valence-corrected chi connectivity index (χ1v) is 9.23. The number of anilines is 1. The smallest absolute Gasteiger partial charge is 0.263 e. The van der Waals surface area contributed by atoms with Crippen molar-refractivity contribution in [3.05, 3.63) is 65.3 Å². The highest BCUT2D eigenvalue weighted by molar-refractivity contribution is 7.92. The van der Waals surface area contributed by atoms with Gasteiger partial charge in [-0.15, -0.1) is 0 Å². The van der Waals surface area contributed by atoms with Gasteiger partial charge in [0, 0.05) is 19.2 Å². The second kappa shape index (κ2) is 7.07. The third-order valence-corrected chi connectivity index (χ3v) is 5.17. The maximum absolute atomic E-state index is 12.4. The van der Waals surface area contributed by atoms with Crippen LogP contribution >= 0.6 is 11.6 Å². The number of benzene rings is 2. The van der Waals surface area contributed by atoms with E-state index in [9.17, 15) is 8.42 Å². The minimum Gasteiger partial charge on any atom is -0.457 e. The number of halogens is 1. The van der Waals surface area contributed by atoms with E-state index < -0.39 is 10.0 Å². The van der Waals surface area contributed by atoms with Crippen LogP contribution in [-0.4, -0.2) is 18.2 Å². The Kier molecular flexibility index (Phi) is 4.84. The summed E-state index contributed by atoms with van der Waals surface area (Å²) in [6.45, 7) is 0. The van der Waals surface area contributed by atoms with Crippen LogP contribution in [0.1, 0.15) is 5.56 Å². The van der Waals surface area contributed by atoms with Gasteiger partial charge in [-0.05, 0) is 36.4 Å². The van der Waals surface area contributed by atoms with Crippen LogP contribution in [0.15, 0.2) is 59.6 Å². The van der Waals surface area contributed by atoms with Crippen molar-refractivity contribution in [1.82, 2.24) is 9.78 Å². The lowest BCUT2D eigenvalue weighted by Gasteiger charge is -2.10. The standard InChI is InChI=1S/C17H13ClN4O3S/c1-22-17(8-9-20-22)21-26(23,24)15-6-4-13(5-7-15)25-14-3-2-12(11-19)16(18)10-14/h2-10,21H,1H3. The number of aromatic nitrogens is 2. The molecule has 1 aromatic heterocycles. The molecule has 2 aromatic carbocycles. The third kappa shape index (κ3) is 3.79. The van der Waals surface area contributed by atoms with Crippen LogP contribution in [0.2, 0.25) is 5.02 Å². The Bertz CT molecular complexity index is 1090. The average molecular weight is 389 g/mol. The van der Waals surface area contributed by atoms with Gasteiger partial charge in [-0.25, -0.2) is 8.42 Å². The van der Waals surface area contributed by atoms with E-state index >= 15 is 0 Å². The van der Waals surface area contributed by atoms with E-state index in [2.05, 4.69) is 9.82 Å². The molecule has 0 spiro atoms. The van der Waals surface area contributed by atoms with Gasteiger partial charge in [-0.1, -0.05) is 11.6 Å². The second-order valence-electron chi connectivity index (χ2n) is 5.27. The summed E-state index contributed by atoms with van der Waals surface area (Å²) in [6.07, 6.45) is 1.50. The van der Waals surface area contributed by atoms with E-state index in [0.29, 0.717) is 22.9 Å². The van der Waals surface area contributed by atoms with Gasteiger partial charge in [-0.2, -0.15) is 10.4 Å². The molecule has 0 aliphatic carbocycles. The number of aryl methyl sites for hydroxylation is 1. The monoisotopic (exact) mass is 388 g/mol. The van der Waals surface area contributed by atoms with Crippen molar-refractivity contribution in [3.63, 3.8) is 0 Å². The summed E-state index contributed by atoms with van der Waals surface area (Å²) in [5.74, 6) is 1.24. The Morgan fingerprint density at radius 3 is 2.42 bits per heavy atom. The molecule has 0 aliphatic heterocycles. The lowest BCUT2D eigenvalue weighted by molar-refractivity contribution is 0.482. The molecule has 7 nitrogen and oxygen atoms in total. The summed E-state index contributed by atoms with van der Waals surface area (Å²) in [5, 5.41) is 13.1. The quantitative estimate of drug-likeness (QED) is 0.721. The second-order valence-corrected chi connectivity index (χ2v) is 7.36. The van der Waals surface area contributed by atoms with Crippen LogP contribution in [0.25, 0.3) is 0 Å². The first kappa shape index (κ1) is 17.8. The highest BCUT2D eigenvalue weighted by Crippen LogP contribution is 2.27. The zero-order chi connectivity index (χ0) is 18.7. The highest BCUT2D eigenvalue weighted by atomic mass is 35.5. The van der Waals surface area contributed by atoms with E-state index in [0.717, 1.165) is 0 Å². The number of sulfonamides is 1. The number of hydrogen-bond acceptors (Lipinski definition) is 5. The van der Waals surface area contributed by atoms with E-state index in [1.807, 2.05) is 6.07 Å². The summed E-state index contributed by atoms with van der Waals surface area (Å²) in [7, 11) is -2.10. The maximum Gasteiger partial charge on any atom is 0.263 e. The van der Waals surface area contributed by atoms with Crippen molar-refractivity contribution in [2.24, 2.45) is 7.05 Å². The summed E-state index contributed by atoms with van der Waals surface area (Å²) in [4.78, 5) is 0.0870. The minimum absolute atomic E-state index is 0.0870. The third-order valence-electron chi connectivity index (χ3n) is 3.49. The molecule has 9 heteroatoms. The van der Waals surface area contributed by atoms with Crippen LogP contribution in [0.4, 0.5) is 5.82 Å². The number of nitrogens with zero attached hydrogens (tertiary/aromatic N) is 3. The number of rotatable bonds is 5. The first-order valence-electron chi connectivity index (χ1n) is 7.37. The molecule has 0 aliphatic rings. The van der Waals surface area contributed by atoms with Crippen molar-refractivity contribution in [2.75, 3.05) is 4.72 Å². The lowest BCUT2D eigenvalue weighted by atomic mass is 10.2. The summed E-state index contributed by atoms with van der Waals surface area (Å²) < 4.78 is 34.3. The molecule has 0 radical (unpaired) electrons. The van der Waals surface area contributed by atoms with Crippen LogP contribution in [0.5, 0.6) is 11.5 Å². The van der Waals surface area contributed by atoms with Crippen molar-refractivity contribution in [3.8, 4) is 17.6 Å². The summed E-state index contributed by atoms with van der Waals surface area (Å²) in [5.41, 5.74) is 0.349. The van der Waals surface area contributed by atoms with Crippen LogP contribution in [0, 0.1) is 11.3 Å². The number of nitriles is 1. The molecule has 0 saturated carbocycles. The summed E-state index contributed by atoms with van der Waals surface area (Å²) >= 11 is 5.96. The predicted octanol–water partition coefficient (Wildman–Crippen LogP) is 3.54. The Morgan fingerprint density at radius 2 is 1.85 bits per heavy atom. The van der Waals surface area contributed by atoms with Gasteiger partial charge in [0.2, 0.25) is 0 Å². The molecule has 0 amide bonds. The van der Waals surface area contributed by atoms with Gasteiger partial charge in [0.05, 0.1) is 21.7 Å². The zero-order valence-corrected chi connectivity index (χ0v) is 15.1. The molecule has 26 heavy (non-hydrogen) atoms. The average Bonchev–Trinajstić information content (AvgIpc) is 3.00. The fourth-order valence-electron chi connectivity index (χ4n) is 2.14. The molecule has 132 valence electrons. The lowest BCUT2D eigenvalue weighted by Crippen LogP contribution is -2.15. The fraction of sp³-hybridized carbons (Fsp3) is 0.0588. The van der Waals surface area contributed by atoms with Crippen molar-refractivity contribution >= 4 is 27.4 Å². The molecule has 0 bridgehead atoms. The van der Waals surface area contributed by atoms with Gasteiger partial charge >= 0.3 is 0 Å². The van der Waals surface area contributed by atoms with Crippen LogP contribution in [-0.2, 0) is 17.1 Å². The fourth-order valence-corrected chi connectivity index (χ4v) is 3.44. The van der Waals surface area contributed by atoms with Crippen LogP contribution in [0.3, 0.4) is 0 Å². The Labute approximate surface area is 155 Å². The van der Waals surface area contributed by atoms with Crippen molar-refractivity contribution in [2.45, 2.75) is 4.90 Å². The van der Waals surface area contributed by atoms with Crippen molar-refractivity contribution in [1.29, 1.82) is 5.26 Å². The number of nitrogens with one attached hydrogen (secondary N) is 1. The molecule has 0 fully saturated rings. The molecule has 0 atom stereocenters. The van der Waals surface area contributed by atoms with E-state index in [1.165, 1.54) is 41.2 Å². The Balaban J connectivity index is 1.77. The van der Waals surface area contributed by atoms with Gasteiger partial charge in [0.15, 0.2) is 0 Å². The van der Waals surface area contributed by atoms with E-state index in [-0.39, 0.29) is 9.92 Å². The largest absolute Gasteiger partial charge is 0.457 e. The molecule has 0 saturated heterocycles. The Hall–Kier alpha value is -3.02. The maximum atomic E-state index is 12.4. The highest BCUT2D eigenvalue weighted by Gasteiger charge is 2.16. The predicted molar refractivity (Wildman–Crippen MR) is 96.7 cm³/mol. The molecule has 1 N–H and O–H groups in total. The molecule has 0 unspecified atom stereocenters. The molecule has 3 aromatic rings. The molecule has 1 heterocycles. The molecule has 3 rings (SSSR count). The van der Waals surface area contributed by atoms with Gasteiger partial charge in [0.1, 0.15) is 23.4 Å². The number of ether oxygens (including phenoxy) is 1. The number of hydrogen-bond donors (Lipinski definition) is 1. The SMILES string of the molecule is Cn1nccc1NS(=O)(=O)c1ccc(Oc2ccc(C#N)c(Cl)c2)cc1.